The van der Waals surface area contributed by atoms with Crippen LogP contribution in [0.5, 0.6) is 0 Å². The van der Waals surface area contributed by atoms with Gasteiger partial charge in [0.25, 0.3) is 0 Å². The van der Waals surface area contributed by atoms with Crippen LogP contribution in [0.3, 0.4) is 0 Å². The molecule has 1 rings (SSSR count). The Hall–Kier alpha value is -1.58. The van der Waals surface area contributed by atoms with Crippen molar-refractivity contribution in [3.05, 3.63) is 24.4 Å². The largest absolute Gasteiger partial charge is 0.368 e. The molecule has 0 unspecified atom stereocenters. The highest BCUT2D eigenvalue weighted by Crippen LogP contribution is 1.97. The maximum atomic E-state index is 10.5. The summed E-state index contributed by atoms with van der Waals surface area (Å²) in [6, 6.07) is 5.65. The quantitative estimate of drug-likeness (QED) is 0.666. The van der Waals surface area contributed by atoms with E-state index in [1.165, 1.54) is 6.92 Å². The molecule has 0 aliphatic carbocycles. The lowest BCUT2D eigenvalue weighted by Crippen LogP contribution is -2.26. The average Bonchev–Trinajstić information content (AvgIpc) is 2.14. The van der Waals surface area contributed by atoms with Crippen LogP contribution < -0.4 is 10.6 Å². The van der Waals surface area contributed by atoms with Crippen LogP contribution in [-0.4, -0.2) is 24.0 Å². The first-order chi connectivity index (χ1) is 6.29. The fourth-order valence-corrected chi connectivity index (χ4v) is 0.896. The van der Waals surface area contributed by atoms with Crippen molar-refractivity contribution in [2.45, 2.75) is 6.92 Å². The molecule has 0 aliphatic heterocycles. The van der Waals surface area contributed by atoms with E-state index in [0.29, 0.717) is 13.1 Å². The van der Waals surface area contributed by atoms with Crippen molar-refractivity contribution in [2.75, 3.05) is 18.4 Å². The summed E-state index contributed by atoms with van der Waals surface area (Å²) in [6.45, 7) is 2.81. The van der Waals surface area contributed by atoms with Gasteiger partial charge in [-0.1, -0.05) is 6.07 Å². The highest BCUT2D eigenvalue weighted by Gasteiger charge is 1.91. The molecule has 4 heteroatoms. The molecule has 70 valence electrons. The van der Waals surface area contributed by atoms with Crippen molar-refractivity contribution in [3.63, 3.8) is 0 Å². The van der Waals surface area contributed by atoms with Gasteiger partial charge in [-0.05, 0) is 12.1 Å². The minimum absolute atomic E-state index is 0.0113. The van der Waals surface area contributed by atoms with E-state index in [2.05, 4.69) is 15.6 Å². The zero-order valence-electron chi connectivity index (χ0n) is 7.58. The fourth-order valence-electron chi connectivity index (χ4n) is 0.896. The summed E-state index contributed by atoms with van der Waals surface area (Å²) in [5.74, 6) is 0.815. The summed E-state index contributed by atoms with van der Waals surface area (Å²) >= 11 is 0. The molecule has 0 radical (unpaired) electrons. The predicted octanol–water partition coefficient (Wildman–Crippen LogP) is 0.630. The Balaban J connectivity index is 2.17. The Morgan fingerprint density at radius 1 is 1.46 bits per heavy atom. The summed E-state index contributed by atoms with van der Waals surface area (Å²) in [5, 5.41) is 5.76. The second-order valence-corrected chi connectivity index (χ2v) is 2.62. The maximum Gasteiger partial charge on any atom is 0.216 e. The van der Waals surface area contributed by atoms with Crippen LogP contribution in [0, 0.1) is 0 Å². The first-order valence-corrected chi connectivity index (χ1v) is 4.18. The number of carbonyl (C=O) groups excluding carboxylic acids is 1. The Bertz CT molecular complexity index is 261. The first-order valence-electron chi connectivity index (χ1n) is 4.18. The van der Waals surface area contributed by atoms with E-state index in [0.717, 1.165) is 5.82 Å². The Morgan fingerprint density at radius 3 is 2.92 bits per heavy atom. The Labute approximate surface area is 77.4 Å². The molecule has 1 heterocycles. The normalized spacial score (nSPS) is 9.31. The van der Waals surface area contributed by atoms with E-state index in [9.17, 15) is 4.79 Å². The van der Waals surface area contributed by atoms with Crippen LogP contribution in [-0.2, 0) is 4.79 Å². The average molecular weight is 179 g/mol. The van der Waals surface area contributed by atoms with Crippen molar-refractivity contribution < 1.29 is 4.79 Å². The van der Waals surface area contributed by atoms with Gasteiger partial charge < -0.3 is 10.6 Å². The summed E-state index contributed by atoms with van der Waals surface area (Å²) in [4.78, 5) is 14.6. The second-order valence-electron chi connectivity index (χ2n) is 2.62. The predicted molar refractivity (Wildman–Crippen MR) is 51.4 cm³/mol. The molecule has 4 nitrogen and oxygen atoms in total. The lowest BCUT2D eigenvalue weighted by Gasteiger charge is -2.04. The van der Waals surface area contributed by atoms with Crippen LogP contribution in [0.15, 0.2) is 24.4 Å². The standard InChI is InChI=1S/C9H13N3O/c1-8(13)10-6-7-12-9-4-2-3-5-11-9/h2-5H,6-7H2,1H3,(H,10,13)(H,11,12). The van der Waals surface area contributed by atoms with Crippen LogP contribution in [0.25, 0.3) is 0 Å². The zero-order valence-corrected chi connectivity index (χ0v) is 7.58. The van der Waals surface area contributed by atoms with Crippen LogP contribution in [0.2, 0.25) is 0 Å². The highest BCUT2D eigenvalue weighted by atomic mass is 16.1. The molecule has 0 fully saturated rings. The van der Waals surface area contributed by atoms with Crippen LogP contribution in [0.1, 0.15) is 6.92 Å². The van der Waals surface area contributed by atoms with Gasteiger partial charge in [-0.15, -0.1) is 0 Å². The maximum absolute atomic E-state index is 10.5. The van der Waals surface area contributed by atoms with Gasteiger partial charge in [0, 0.05) is 26.2 Å². The van der Waals surface area contributed by atoms with E-state index >= 15 is 0 Å². The van der Waals surface area contributed by atoms with Crippen LogP contribution >= 0.6 is 0 Å². The van der Waals surface area contributed by atoms with Gasteiger partial charge in [0.2, 0.25) is 5.91 Å². The van der Waals surface area contributed by atoms with Gasteiger partial charge >= 0.3 is 0 Å². The smallest absolute Gasteiger partial charge is 0.216 e. The van der Waals surface area contributed by atoms with E-state index < -0.39 is 0 Å². The fraction of sp³-hybridized carbons (Fsp3) is 0.333. The SMILES string of the molecule is CC(=O)NCCNc1ccccn1. The third-order valence-electron chi connectivity index (χ3n) is 1.47. The molecule has 1 amide bonds. The van der Waals surface area contributed by atoms with Gasteiger partial charge in [0.15, 0.2) is 0 Å². The number of aromatic nitrogens is 1. The highest BCUT2D eigenvalue weighted by molar-refractivity contribution is 5.72. The molecule has 1 aromatic heterocycles. The lowest BCUT2D eigenvalue weighted by atomic mass is 10.4. The molecule has 0 aromatic carbocycles. The number of amides is 1. The Kier molecular flexibility index (Phi) is 3.75. The molecule has 0 atom stereocenters. The molecule has 1 aromatic rings. The molecular weight excluding hydrogens is 166 g/mol. The summed E-state index contributed by atoms with van der Waals surface area (Å²) in [7, 11) is 0. The minimum atomic E-state index is -0.0113. The first kappa shape index (κ1) is 9.51. The molecule has 2 N–H and O–H groups in total. The number of anilines is 1. The topological polar surface area (TPSA) is 54.0 Å². The second kappa shape index (κ2) is 5.13. The van der Waals surface area contributed by atoms with Crippen molar-refractivity contribution in [3.8, 4) is 0 Å². The monoisotopic (exact) mass is 179 g/mol. The molecule has 0 aliphatic rings. The number of carbonyl (C=O) groups is 1. The number of nitrogens with one attached hydrogen (secondary N) is 2. The molecular formula is C9H13N3O. The third kappa shape index (κ3) is 4.10. The van der Waals surface area contributed by atoms with Gasteiger partial charge in [0.05, 0.1) is 0 Å². The van der Waals surface area contributed by atoms with Crippen molar-refractivity contribution in [2.24, 2.45) is 0 Å². The molecule has 13 heavy (non-hydrogen) atoms. The Morgan fingerprint density at radius 2 is 2.31 bits per heavy atom. The van der Waals surface area contributed by atoms with Gasteiger partial charge in [-0.3, -0.25) is 4.79 Å². The van der Waals surface area contributed by atoms with E-state index in [4.69, 9.17) is 0 Å². The molecule has 0 spiro atoms. The van der Waals surface area contributed by atoms with E-state index in [1.807, 2.05) is 18.2 Å². The van der Waals surface area contributed by atoms with Gasteiger partial charge in [-0.2, -0.15) is 0 Å². The zero-order chi connectivity index (χ0) is 9.52. The van der Waals surface area contributed by atoms with Gasteiger partial charge in [-0.25, -0.2) is 4.98 Å². The lowest BCUT2D eigenvalue weighted by molar-refractivity contribution is -0.118. The summed E-state index contributed by atoms with van der Waals surface area (Å²) in [5.41, 5.74) is 0. The third-order valence-corrected chi connectivity index (χ3v) is 1.47. The van der Waals surface area contributed by atoms with Crippen molar-refractivity contribution >= 4 is 11.7 Å². The van der Waals surface area contributed by atoms with Crippen molar-refractivity contribution in [1.82, 2.24) is 10.3 Å². The summed E-state index contributed by atoms with van der Waals surface area (Å²) in [6.07, 6.45) is 1.72. The number of nitrogens with zero attached hydrogens (tertiary/aromatic N) is 1. The van der Waals surface area contributed by atoms with E-state index in [-0.39, 0.29) is 5.91 Å². The molecule has 0 bridgehead atoms. The van der Waals surface area contributed by atoms with E-state index in [1.54, 1.807) is 6.20 Å². The van der Waals surface area contributed by atoms with Gasteiger partial charge in [0.1, 0.15) is 5.82 Å². The number of pyridine rings is 1. The van der Waals surface area contributed by atoms with Crippen LogP contribution in [0.4, 0.5) is 5.82 Å². The minimum Gasteiger partial charge on any atom is -0.368 e. The molecule has 0 saturated heterocycles. The summed E-state index contributed by atoms with van der Waals surface area (Å²) < 4.78 is 0. The number of rotatable bonds is 4. The van der Waals surface area contributed by atoms with Crippen molar-refractivity contribution in [1.29, 1.82) is 0 Å². The number of hydrogen-bond donors (Lipinski definition) is 2. The molecule has 0 saturated carbocycles. The number of hydrogen-bond acceptors (Lipinski definition) is 3.